The highest BCUT2D eigenvalue weighted by Crippen LogP contribution is 2.29. The number of carbonyl (C=O) groups is 2. The minimum atomic E-state index is -4.60. The Kier molecular flexibility index (Phi) is 7.20. The second-order valence-electron chi connectivity index (χ2n) is 6.17. The highest BCUT2D eigenvalue weighted by Gasteiger charge is 2.31. The molecule has 9 heteroatoms. The number of hydrogen-bond donors (Lipinski definition) is 3. The van der Waals surface area contributed by atoms with E-state index in [1.165, 1.54) is 18.2 Å². The molecule has 0 aliphatic carbocycles. The molecule has 2 aromatic carbocycles. The molecule has 0 heterocycles. The van der Waals surface area contributed by atoms with E-state index in [9.17, 15) is 27.9 Å². The van der Waals surface area contributed by atoms with Gasteiger partial charge in [0.15, 0.2) is 0 Å². The molecule has 1 unspecified atom stereocenters. The summed E-state index contributed by atoms with van der Waals surface area (Å²) < 4.78 is 38.6. The summed E-state index contributed by atoms with van der Waals surface area (Å²) in [6.07, 6.45) is -4.49. The third-order valence-corrected chi connectivity index (χ3v) is 3.99. The van der Waals surface area contributed by atoms with E-state index in [0.717, 1.165) is 12.1 Å². The van der Waals surface area contributed by atoms with E-state index >= 15 is 0 Å². The number of phenolic OH excluding ortho intramolecular Hbond substituents is 1. The largest absolute Gasteiger partial charge is 0.508 e. The number of nitrogens with zero attached hydrogens (tertiary/aromatic N) is 1. The highest BCUT2D eigenvalue weighted by atomic mass is 19.4. The number of nitrogens with one attached hydrogen (secondary N) is 2. The van der Waals surface area contributed by atoms with Crippen LogP contribution in [-0.2, 0) is 17.4 Å². The number of rotatable bonds is 7. The minimum absolute atomic E-state index is 0.0248. The number of halogens is 3. The zero-order valence-electron chi connectivity index (χ0n) is 15.2. The molecule has 0 fully saturated rings. The Bertz CT molecular complexity index is 906. The maximum atomic E-state index is 12.9. The van der Waals surface area contributed by atoms with E-state index in [0.29, 0.717) is 11.6 Å². The number of nitriles is 1. The Morgan fingerprint density at radius 2 is 1.83 bits per heavy atom. The molecular weight excluding hydrogens is 387 g/mol. The quantitative estimate of drug-likeness (QED) is 0.617. The monoisotopic (exact) mass is 405 g/mol. The molecule has 0 radical (unpaired) electrons. The zero-order chi connectivity index (χ0) is 21.4. The predicted molar refractivity (Wildman–Crippen MR) is 97.7 cm³/mol. The molecule has 29 heavy (non-hydrogen) atoms. The van der Waals surface area contributed by atoms with Crippen molar-refractivity contribution in [3.05, 3.63) is 65.2 Å². The fourth-order valence-electron chi connectivity index (χ4n) is 2.52. The lowest BCUT2D eigenvalue weighted by molar-refractivity contribution is -0.137. The Labute approximate surface area is 165 Å². The smallest absolute Gasteiger partial charge is 0.416 e. The Morgan fingerprint density at radius 3 is 2.45 bits per heavy atom. The van der Waals surface area contributed by atoms with Crippen LogP contribution in [-0.4, -0.2) is 29.5 Å². The van der Waals surface area contributed by atoms with Gasteiger partial charge in [0.2, 0.25) is 5.91 Å². The third kappa shape index (κ3) is 6.53. The Morgan fingerprint density at radius 1 is 1.14 bits per heavy atom. The number of hydrogen-bond acceptors (Lipinski definition) is 4. The second-order valence-corrected chi connectivity index (χ2v) is 6.17. The van der Waals surface area contributed by atoms with Crippen LogP contribution in [0.25, 0.3) is 0 Å². The molecule has 0 aliphatic heterocycles. The molecule has 2 aromatic rings. The van der Waals surface area contributed by atoms with Crippen LogP contribution in [0.15, 0.2) is 48.5 Å². The number of benzene rings is 2. The van der Waals surface area contributed by atoms with Gasteiger partial charge in [-0.25, -0.2) is 0 Å². The second kappa shape index (κ2) is 9.59. The van der Waals surface area contributed by atoms with Crippen LogP contribution in [0, 0.1) is 11.3 Å². The molecule has 2 amide bonds. The summed E-state index contributed by atoms with van der Waals surface area (Å²) in [6.45, 7) is 0.0703. The van der Waals surface area contributed by atoms with Crippen molar-refractivity contribution in [3.8, 4) is 11.8 Å². The molecule has 0 aromatic heterocycles. The van der Waals surface area contributed by atoms with Crippen molar-refractivity contribution in [2.24, 2.45) is 0 Å². The topological polar surface area (TPSA) is 102 Å². The number of phenols is 1. The standard InChI is InChI=1S/C20H18F3N3O3/c21-20(22,23)15-4-1-3-14(12-15)18(28)26-17(19(29)25-10-2-9-24)11-13-5-7-16(27)8-6-13/h1,3-8,12,17,27H,2,10-11H2,(H,25,29)(H,26,28). The number of aromatic hydroxyl groups is 1. The number of carbonyl (C=O) groups excluding carboxylic acids is 2. The van der Waals surface area contributed by atoms with Crippen LogP contribution in [0.1, 0.15) is 27.9 Å². The lowest BCUT2D eigenvalue weighted by Gasteiger charge is -2.19. The lowest BCUT2D eigenvalue weighted by atomic mass is 10.0. The fourth-order valence-corrected chi connectivity index (χ4v) is 2.52. The lowest BCUT2D eigenvalue weighted by Crippen LogP contribution is -2.48. The van der Waals surface area contributed by atoms with Gasteiger partial charge in [-0.15, -0.1) is 0 Å². The van der Waals surface area contributed by atoms with Crippen LogP contribution in [0.5, 0.6) is 5.75 Å². The van der Waals surface area contributed by atoms with Crippen molar-refractivity contribution in [3.63, 3.8) is 0 Å². The SMILES string of the molecule is N#CCCNC(=O)C(Cc1ccc(O)cc1)NC(=O)c1cccc(C(F)(F)F)c1. The van der Waals surface area contributed by atoms with Crippen LogP contribution >= 0.6 is 0 Å². The fraction of sp³-hybridized carbons (Fsp3) is 0.250. The van der Waals surface area contributed by atoms with Gasteiger partial charge in [0.1, 0.15) is 11.8 Å². The molecule has 0 bridgehead atoms. The van der Waals surface area contributed by atoms with Crippen LogP contribution < -0.4 is 10.6 Å². The van der Waals surface area contributed by atoms with Crippen molar-refractivity contribution in [1.82, 2.24) is 10.6 Å². The van der Waals surface area contributed by atoms with Gasteiger partial charge >= 0.3 is 6.18 Å². The summed E-state index contributed by atoms with van der Waals surface area (Å²) in [6, 6.07) is 10.6. The molecule has 0 saturated carbocycles. The average Bonchev–Trinajstić information content (AvgIpc) is 2.68. The van der Waals surface area contributed by atoms with Crippen molar-refractivity contribution >= 4 is 11.8 Å². The first-order chi connectivity index (χ1) is 13.7. The Balaban J connectivity index is 2.19. The van der Waals surface area contributed by atoms with Gasteiger partial charge in [0.05, 0.1) is 18.1 Å². The van der Waals surface area contributed by atoms with Gasteiger partial charge in [-0.1, -0.05) is 18.2 Å². The third-order valence-electron chi connectivity index (χ3n) is 3.99. The van der Waals surface area contributed by atoms with Gasteiger partial charge in [-0.05, 0) is 35.9 Å². The van der Waals surface area contributed by atoms with Gasteiger partial charge in [0.25, 0.3) is 5.91 Å². The molecule has 2 rings (SSSR count). The van der Waals surface area contributed by atoms with E-state index in [-0.39, 0.29) is 30.7 Å². The van der Waals surface area contributed by atoms with Crippen molar-refractivity contribution in [2.45, 2.75) is 25.1 Å². The summed E-state index contributed by atoms with van der Waals surface area (Å²) >= 11 is 0. The summed E-state index contributed by atoms with van der Waals surface area (Å²) in [5.41, 5.74) is -0.591. The molecule has 1 atom stereocenters. The molecule has 152 valence electrons. The maximum absolute atomic E-state index is 12.9. The van der Waals surface area contributed by atoms with E-state index in [2.05, 4.69) is 10.6 Å². The minimum Gasteiger partial charge on any atom is -0.508 e. The van der Waals surface area contributed by atoms with Crippen molar-refractivity contribution in [2.75, 3.05) is 6.54 Å². The number of amides is 2. The zero-order valence-corrected chi connectivity index (χ0v) is 15.2. The maximum Gasteiger partial charge on any atom is 0.416 e. The van der Waals surface area contributed by atoms with Crippen molar-refractivity contribution < 1.29 is 27.9 Å². The molecule has 0 saturated heterocycles. The summed E-state index contributed by atoms with van der Waals surface area (Å²) in [5, 5.41) is 22.9. The van der Waals surface area contributed by atoms with Crippen LogP contribution in [0.3, 0.4) is 0 Å². The normalized spacial score (nSPS) is 11.9. The van der Waals surface area contributed by atoms with Gasteiger partial charge in [-0.2, -0.15) is 18.4 Å². The van der Waals surface area contributed by atoms with E-state index < -0.39 is 29.6 Å². The predicted octanol–water partition coefficient (Wildman–Crippen LogP) is 2.78. The summed E-state index contributed by atoms with van der Waals surface area (Å²) in [5.74, 6) is -1.39. The molecule has 6 nitrogen and oxygen atoms in total. The van der Waals surface area contributed by atoms with Gasteiger partial charge in [-0.3, -0.25) is 9.59 Å². The first-order valence-electron chi connectivity index (χ1n) is 8.61. The Hall–Kier alpha value is -3.54. The van der Waals surface area contributed by atoms with E-state index in [4.69, 9.17) is 5.26 Å². The van der Waals surface area contributed by atoms with E-state index in [1.54, 1.807) is 12.1 Å². The van der Waals surface area contributed by atoms with Gasteiger partial charge < -0.3 is 15.7 Å². The highest BCUT2D eigenvalue weighted by molar-refractivity contribution is 5.97. The first kappa shape index (κ1) is 21.8. The molecule has 0 aliphatic rings. The summed E-state index contributed by atoms with van der Waals surface area (Å²) in [4.78, 5) is 24.9. The number of alkyl halides is 3. The summed E-state index contributed by atoms with van der Waals surface area (Å²) in [7, 11) is 0. The van der Waals surface area contributed by atoms with E-state index in [1.807, 2.05) is 6.07 Å². The van der Waals surface area contributed by atoms with Crippen molar-refractivity contribution in [1.29, 1.82) is 5.26 Å². The molecule has 3 N–H and O–H groups in total. The van der Waals surface area contributed by atoms with Crippen LogP contribution in [0.4, 0.5) is 13.2 Å². The molecule has 0 spiro atoms. The first-order valence-corrected chi connectivity index (χ1v) is 8.61. The average molecular weight is 405 g/mol. The van der Waals surface area contributed by atoms with Crippen LogP contribution in [0.2, 0.25) is 0 Å². The van der Waals surface area contributed by atoms with Gasteiger partial charge in [0, 0.05) is 18.5 Å². The molecular formula is C20H18F3N3O3.